The minimum atomic E-state index is -4.57. The Kier molecular flexibility index (Phi) is 4.99. The number of hydrogen-bond donors (Lipinski definition) is 1. The number of pyridine rings is 2. The van der Waals surface area contributed by atoms with E-state index in [1.807, 2.05) is 0 Å². The minimum absolute atomic E-state index is 0.132. The van der Waals surface area contributed by atoms with Gasteiger partial charge in [0.2, 0.25) is 5.88 Å². The number of halogens is 3. The zero-order valence-corrected chi connectivity index (χ0v) is 17.4. The van der Waals surface area contributed by atoms with Crippen molar-refractivity contribution in [2.75, 3.05) is 35.3 Å². The van der Waals surface area contributed by atoms with Crippen molar-refractivity contribution in [3.63, 3.8) is 0 Å². The third kappa shape index (κ3) is 3.88. The molecule has 2 amide bonds. The maximum atomic E-state index is 13.2. The molecule has 12 heteroatoms. The molecule has 0 spiro atoms. The molecular formula is C21H18F3N7O2. The lowest BCUT2D eigenvalue weighted by atomic mass is 10.1. The van der Waals surface area contributed by atoms with Crippen molar-refractivity contribution in [2.45, 2.75) is 18.6 Å². The number of fused-ring (bicyclic) bond motifs is 4. The van der Waals surface area contributed by atoms with Crippen molar-refractivity contribution in [3.05, 3.63) is 48.5 Å². The third-order valence-corrected chi connectivity index (χ3v) is 5.60. The Morgan fingerprint density at radius 1 is 1.18 bits per heavy atom. The summed E-state index contributed by atoms with van der Waals surface area (Å²) < 4.78 is 44.4. The van der Waals surface area contributed by atoms with Crippen LogP contribution in [0.1, 0.15) is 12.1 Å². The summed E-state index contributed by atoms with van der Waals surface area (Å²) in [4.78, 5) is 32.9. The summed E-state index contributed by atoms with van der Waals surface area (Å²) in [7, 11) is 1.46. The van der Waals surface area contributed by atoms with Crippen LogP contribution in [0.15, 0.2) is 42.9 Å². The number of carbonyl (C=O) groups is 1. The predicted molar refractivity (Wildman–Crippen MR) is 113 cm³/mol. The van der Waals surface area contributed by atoms with Crippen molar-refractivity contribution in [3.8, 4) is 17.1 Å². The van der Waals surface area contributed by atoms with E-state index in [4.69, 9.17) is 4.74 Å². The summed E-state index contributed by atoms with van der Waals surface area (Å²) >= 11 is 0. The van der Waals surface area contributed by atoms with Gasteiger partial charge in [0, 0.05) is 30.9 Å². The largest absolute Gasteiger partial charge is 0.481 e. The molecule has 5 heterocycles. The molecule has 0 radical (unpaired) electrons. The van der Waals surface area contributed by atoms with Crippen molar-refractivity contribution in [1.29, 1.82) is 0 Å². The molecule has 33 heavy (non-hydrogen) atoms. The summed E-state index contributed by atoms with van der Waals surface area (Å²) in [6.07, 6.45) is -1.47. The van der Waals surface area contributed by atoms with E-state index >= 15 is 0 Å². The summed E-state index contributed by atoms with van der Waals surface area (Å²) in [6, 6.07) is 6.75. The number of carbonyl (C=O) groups excluding carboxylic acids is 1. The molecule has 5 rings (SSSR count). The Balaban J connectivity index is 1.51. The number of methoxy groups -OCH3 is 1. The molecule has 1 N–H and O–H groups in total. The normalized spacial score (nSPS) is 17.0. The molecule has 9 nitrogen and oxygen atoms in total. The molecule has 1 atom stereocenters. The number of rotatable bonds is 3. The number of aromatic nitrogens is 4. The number of nitrogens with zero attached hydrogens (tertiary/aromatic N) is 6. The lowest BCUT2D eigenvalue weighted by molar-refractivity contribution is -0.141. The highest BCUT2D eigenvalue weighted by Crippen LogP contribution is 2.40. The molecule has 2 bridgehead atoms. The van der Waals surface area contributed by atoms with Gasteiger partial charge in [-0.05, 0) is 30.7 Å². The molecule has 2 aliphatic rings. The van der Waals surface area contributed by atoms with Crippen LogP contribution in [0.3, 0.4) is 0 Å². The number of alkyl halides is 3. The number of urea groups is 1. The van der Waals surface area contributed by atoms with Gasteiger partial charge >= 0.3 is 12.2 Å². The zero-order valence-electron chi connectivity index (χ0n) is 17.4. The lowest BCUT2D eigenvalue weighted by Gasteiger charge is -2.35. The molecule has 0 aromatic carbocycles. The Labute approximate surface area is 186 Å². The molecule has 0 unspecified atom stereocenters. The fraction of sp³-hybridized carbons (Fsp3) is 0.286. The first-order valence-electron chi connectivity index (χ1n) is 10.1. The highest BCUT2D eigenvalue weighted by atomic mass is 19.4. The smallest absolute Gasteiger partial charge is 0.433 e. The molecule has 0 saturated carbocycles. The van der Waals surface area contributed by atoms with Gasteiger partial charge in [-0.25, -0.2) is 19.7 Å². The second-order valence-electron chi connectivity index (χ2n) is 7.60. The van der Waals surface area contributed by atoms with Gasteiger partial charge in [-0.15, -0.1) is 0 Å². The van der Waals surface area contributed by atoms with Gasteiger partial charge in [0.05, 0.1) is 24.5 Å². The number of hydrogen-bond acceptors (Lipinski definition) is 7. The Bertz CT molecular complexity index is 1220. The standard InChI is InChI=1S/C21H18F3N7O2/c1-33-18-9-17(26-11-27-18)29-20(32)31-13-5-7-30(10-13)15-3-2-14(28-19(15)31)12-4-6-25-16(8-12)21(22,23)24/h2-4,6,8-9,11,13H,5,7,10H2,1H3,(H,26,27,29,32)/t13-/m0/s1. The minimum Gasteiger partial charge on any atom is -0.481 e. The second kappa shape index (κ2) is 7.87. The molecule has 1 saturated heterocycles. The van der Waals surface area contributed by atoms with Crippen molar-refractivity contribution < 1.29 is 22.7 Å². The first-order chi connectivity index (χ1) is 15.8. The maximum Gasteiger partial charge on any atom is 0.433 e. The van der Waals surface area contributed by atoms with Crippen LogP contribution in [-0.2, 0) is 6.18 Å². The second-order valence-corrected chi connectivity index (χ2v) is 7.60. The van der Waals surface area contributed by atoms with E-state index in [1.165, 1.54) is 25.6 Å². The van der Waals surface area contributed by atoms with E-state index in [1.54, 1.807) is 17.0 Å². The van der Waals surface area contributed by atoms with Crippen LogP contribution in [0, 0.1) is 0 Å². The maximum absolute atomic E-state index is 13.2. The molecule has 1 fully saturated rings. The van der Waals surface area contributed by atoms with E-state index in [9.17, 15) is 18.0 Å². The lowest BCUT2D eigenvalue weighted by Crippen LogP contribution is -2.48. The summed E-state index contributed by atoms with van der Waals surface area (Å²) in [5, 5.41) is 2.74. The summed E-state index contributed by atoms with van der Waals surface area (Å²) in [5.41, 5.74) is 0.309. The van der Waals surface area contributed by atoms with E-state index < -0.39 is 17.9 Å². The average molecular weight is 457 g/mol. The quantitative estimate of drug-likeness (QED) is 0.642. The number of ether oxygens (including phenoxy) is 1. The molecule has 0 aliphatic carbocycles. The topological polar surface area (TPSA) is 96.4 Å². The van der Waals surface area contributed by atoms with Crippen LogP contribution in [0.2, 0.25) is 0 Å². The molecule has 2 aliphatic heterocycles. The van der Waals surface area contributed by atoms with Crippen LogP contribution in [0.4, 0.5) is 35.3 Å². The molecule has 170 valence electrons. The van der Waals surface area contributed by atoms with Crippen LogP contribution < -0.4 is 19.9 Å². The number of anilines is 3. The highest BCUT2D eigenvalue weighted by Gasteiger charge is 2.40. The Hall–Kier alpha value is -3.96. The van der Waals surface area contributed by atoms with Crippen LogP contribution in [-0.4, -0.2) is 52.2 Å². The fourth-order valence-electron chi connectivity index (χ4n) is 4.07. The Morgan fingerprint density at radius 2 is 2.03 bits per heavy atom. The first kappa shape index (κ1) is 20.9. The van der Waals surface area contributed by atoms with Crippen LogP contribution in [0.5, 0.6) is 5.88 Å². The monoisotopic (exact) mass is 457 g/mol. The number of amides is 2. The third-order valence-electron chi connectivity index (χ3n) is 5.60. The summed E-state index contributed by atoms with van der Waals surface area (Å²) in [6.45, 7) is 1.39. The average Bonchev–Trinajstić information content (AvgIpc) is 3.22. The molecule has 3 aromatic heterocycles. The van der Waals surface area contributed by atoms with Gasteiger partial charge in [-0.2, -0.15) is 13.2 Å². The van der Waals surface area contributed by atoms with Gasteiger partial charge in [-0.3, -0.25) is 15.2 Å². The fourth-order valence-corrected chi connectivity index (χ4v) is 4.07. The van der Waals surface area contributed by atoms with Gasteiger partial charge in [0.25, 0.3) is 0 Å². The summed E-state index contributed by atoms with van der Waals surface area (Å²) in [5.74, 6) is 0.934. The van der Waals surface area contributed by atoms with Crippen LogP contribution >= 0.6 is 0 Å². The Morgan fingerprint density at radius 3 is 2.82 bits per heavy atom. The van der Waals surface area contributed by atoms with Gasteiger partial charge in [0.1, 0.15) is 17.8 Å². The van der Waals surface area contributed by atoms with Gasteiger partial charge in [0.15, 0.2) is 5.82 Å². The van der Waals surface area contributed by atoms with E-state index in [-0.39, 0.29) is 17.4 Å². The zero-order chi connectivity index (χ0) is 23.2. The van der Waals surface area contributed by atoms with E-state index in [0.717, 1.165) is 30.9 Å². The predicted octanol–water partition coefficient (Wildman–Crippen LogP) is 3.59. The van der Waals surface area contributed by atoms with Crippen molar-refractivity contribution in [2.24, 2.45) is 0 Å². The molecule has 3 aromatic rings. The highest BCUT2D eigenvalue weighted by molar-refractivity contribution is 6.04. The molecular weight excluding hydrogens is 439 g/mol. The first-order valence-corrected chi connectivity index (χ1v) is 10.1. The SMILES string of the molecule is COc1cc(NC(=O)N2c3nc(-c4ccnc(C(F)(F)F)c4)ccc3N3CC[C@H]2C3)ncn1. The van der Waals surface area contributed by atoms with Crippen molar-refractivity contribution in [1.82, 2.24) is 19.9 Å². The van der Waals surface area contributed by atoms with Gasteiger partial charge < -0.3 is 9.64 Å². The van der Waals surface area contributed by atoms with E-state index in [2.05, 4.69) is 30.2 Å². The van der Waals surface area contributed by atoms with Gasteiger partial charge in [-0.1, -0.05) is 0 Å². The van der Waals surface area contributed by atoms with Crippen molar-refractivity contribution >= 4 is 23.4 Å². The van der Waals surface area contributed by atoms with Crippen LogP contribution in [0.25, 0.3) is 11.3 Å². The van der Waals surface area contributed by atoms with E-state index in [0.29, 0.717) is 23.9 Å². The number of nitrogens with one attached hydrogen (secondary N) is 1.